The number of aromatic nitrogens is 1. The number of amides is 1. The Kier molecular flexibility index (Phi) is 6.04. The average molecular weight is 407 g/mol. The van der Waals surface area contributed by atoms with Crippen molar-refractivity contribution < 1.29 is 9.21 Å². The van der Waals surface area contributed by atoms with Crippen molar-refractivity contribution >= 4 is 28.6 Å². The fraction of sp³-hybridized carbons (Fsp3) is 0.600. The number of piperazine rings is 1. The number of nitrogens with zero attached hydrogens (tertiary/aromatic N) is 4. The highest BCUT2D eigenvalue weighted by Crippen LogP contribution is 2.19. The van der Waals surface area contributed by atoms with Gasteiger partial charge in [0.15, 0.2) is 5.58 Å². The first-order chi connectivity index (χ1) is 13.6. The van der Waals surface area contributed by atoms with Crippen LogP contribution in [-0.2, 0) is 11.5 Å². The van der Waals surface area contributed by atoms with Gasteiger partial charge in [0.1, 0.15) is 0 Å². The molecule has 28 heavy (non-hydrogen) atoms. The van der Waals surface area contributed by atoms with Crippen LogP contribution < -0.4 is 5.76 Å². The largest absolute Gasteiger partial charge is 0.421 e. The fourth-order valence-electron chi connectivity index (χ4n) is 4.07. The van der Waals surface area contributed by atoms with E-state index in [2.05, 4.69) is 9.80 Å². The number of carbonyl (C=O) groups is 1. The Bertz CT molecular complexity index is 877. The van der Waals surface area contributed by atoms with E-state index in [9.17, 15) is 9.59 Å². The molecule has 2 aliphatic rings. The van der Waals surface area contributed by atoms with Gasteiger partial charge in [-0.2, -0.15) is 0 Å². The summed E-state index contributed by atoms with van der Waals surface area (Å²) in [6, 6.07) is 5.21. The van der Waals surface area contributed by atoms with Crippen LogP contribution in [0.4, 0.5) is 0 Å². The average Bonchev–Trinajstić information content (AvgIpc) is 2.88. The zero-order valence-corrected chi connectivity index (χ0v) is 16.9. The fourth-order valence-corrected chi connectivity index (χ4v) is 4.24. The van der Waals surface area contributed by atoms with Gasteiger partial charge in [0.05, 0.1) is 18.7 Å². The molecule has 0 aliphatic carbocycles. The van der Waals surface area contributed by atoms with Gasteiger partial charge in [-0.15, -0.1) is 0 Å². The molecule has 2 fully saturated rings. The maximum atomic E-state index is 12.6. The summed E-state index contributed by atoms with van der Waals surface area (Å²) in [7, 11) is 0. The van der Waals surface area contributed by atoms with Crippen LogP contribution in [0, 0.1) is 0 Å². The summed E-state index contributed by atoms with van der Waals surface area (Å²) in [6.45, 7) is 6.05. The zero-order valence-electron chi connectivity index (χ0n) is 16.1. The minimum atomic E-state index is -0.365. The first-order valence-corrected chi connectivity index (χ1v) is 10.5. The van der Waals surface area contributed by atoms with E-state index >= 15 is 0 Å². The summed E-state index contributed by atoms with van der Waals surface area (Å²) in [5.41, 5.74) is 1.27. The quantitative estimate of drug-likeness (QED) is 0.779. The van der Waals surface area contributed by atoms with E-state index in [0.717, 1.165) is 57.6 Å². The topological polar surface area (TPSA) is 61.9 Å². The predicted octanol–water partition coefficient (Wildman–Crippen LogP) is 2.23. The van der Waals surface area contributed by atoms with Gasteiger partial charge in [-0.1, -0.05) is 24.4 Å². The Labute approximate surface area is 169 Å². The zero-order chi connectivity index (χ0) is 19.5. The molecule has 0 unspecified atom stereocenters. The van der Waals surface area contributed by atoms with Gasteiger partial charge in [0, 0.05) is 44.3 Å². The molecule has 0 saturated carbocycles. The summed E-state index contributed by atoms with van der Waals surface area (Å²) < 4.78 is 6.93. The van der Waals surface area contributed by atoms with E-state index in [1.54, 1.807) is 22.8 Å². The highest BCUT2D eigenvalue weighted by Gasteiger charge is 2.23. The van der Waals surface area contributed by atoms with Crippen LogP contribution in [0.3, 0.4) is 0 Å². The van der Waals surface area contributed by atoms with Gasteiger partial charge in [-0.3, -0.25) is 19.2 Å². The molecule has 0 bridgehead atoms. The van der Waals surface area contributed by atoms with E-state index in [1.807, 2.05) is 4.90 Å². The second-order valence-corrected chi connectivity index (χ2v) is 8.18. The Hall–Kier alpha value is -1.83. The molecular formula is C20H27ClN4O3. The number of halogens is 1. The number of oxazole rings is 1. The lowest BCUT2D eigenvalue weighted by Crippen LogP contribution is -2.50. The number of benzene rings is 1. The summed E-state index contributed by atoms with van der Waals surface area (Å²) in [5, 5.41) is 0.582. The molecule has 152 valence electrons. The van der Waals surface area contributed by atoms with Gasteiger partial charge in [-0.25, -0.2) is 4.79 Å². The van der Waals surface area contributed by atoms with Crippen LogP contribution >= 0.6 is 11.6 Å². The van der Waals surface area contributed by atoms with E-state index in [1.165, 1.54) is 12.8 Å². The molecule has 7 nitrogen and oxygen atoms in total. The van der Waals surface area contributed by atoms with Crippen molar-refractivity contribution in [1.29, 1.82) is 0 Å². The maximum absolute atomic E-state index is 12.6. The minimum absolute atomic E-state index is 0.252. The minimum Gasteiger partial charge on any atom is -0.408 e. The smallest absolute Gasteiger partial charge is 0.408 e. The molecule has 2 saturated heterocycles. The van der Waals surface area contributed by atoms with Crippen LogP contribution in [0.2, 0.25) is 5.02 Å². The van der Waals surface area contributed by atoms with Crippen LogP contribution in [0.5, 0.6) is 0 Å². The number of fused-ring (bicyclic) bond motifs is 1. The van der Waals surface area contributed by atoms with Crippen molar-refractivity contribution in [3.8, 4) is 0 Å². The third-order valence-corrected chi connectivity index (χ3v) is 5.99. The Morgan fingerprint density at radius 3 is 2.36 bits per heavy atom. The Morgan fingerprint density at radius 2 is 1.64 bits per heavy atom. The van der Waals surface area contributed by atoms with Crippen molar-refractivity contribution in [3.63, 3.8) is 0 Å². The summed E-state index contributed by atoms with van der Waals surface area (Å²) in [5.74, 6) is -0.113. The van der Waals surface area contributed by atoms with Crippen LogP contribution in [0.25, 0.3) is 11.1 Å². The molecule has 1 aromatic carbocycles. The molecule has 0 atom stereocenters. The molecule has 3 heterocycles. The van der Waals surface area contributed by atoms with E-state index in [-0.39, 0.29) is 11.7 Å². The first kappa shape index (κ1) is 19.5. The molecule has 4 rings (SSSR count). The Morgan fingerprint density at radius 1 is 0.964 bits per heavy atom. The van der Waals surface area contributed by atoms with E-state index < -0.39 is 0 Å². The van der Waals surface area contributed by atoms with Crippen molar-refractivity contribution in [2.75, 3.05) is 45.8 Å². The molecule has 2 aromatic rings. The van der Waals surface area contributed by atoms with Gasteiger partial charge in [0.25, 0.3) is 0 Å². The predicted molar refractivity (Wildman–Crippen MR) is 109 cm³/mol. The van der Waals surface area contributed by atoms with Crippen molar-refractivity contribution in [3.05, 3.63) is 33.8 Å². The number of carbonyl (C=O) groups excluding carboxylic acids is 1. The summed E-state index contributed by atoms with van der Waals surface area (Å²) >= 11 is 6.07. The van der Waals surface area contributed by atoms with Crippen molar-refractivity contribution in [1.82, 2.24) is 19.3 Å². The highest BCUT2D eigenvalue weighted by molar-refractivity contribution is 6.31. The number of rotatable bonds is 4. The second kappa shape index (κ2) is 8.68. The lowest BCUT2D eigenvalue weighted by Gasteiger charge is -2.35. The normalized spacial score (nSPS) is 19.8. The lowest BCUT2D eigenvalue weighted by molar-refractivity contribution is -0.132. The molecule has 1 aromatic heterocycles. The van der Waals surface area contributed by atoms with Crippen LogP contribution in [-0.4, -0.2) is 71.0 Å². The molecule has 0 radical (unpaired) electrons. The third-order valence-electron chi connectivity index (χ3n) is 5.75. The van der Waals surface area contributed by atoms with Gasteiger partial charge in [0.2, 0.25) is 5.91 Å². The number of hydrogen-bond acceptors (Lipinski definition) is 5. The third kappa shape index (κ3) is 4.42. The number of hydrogen-bond donors (Lipinski definition) is 0. The molecule has 8 heteroatoms. The highest BCUT2D eigenvalue weighted by atomic mass is 35.5. The van der Waals surface area contributed by atoms with Gasteiger partial charge >= 0.3 is 5.76 Å². The van der Waals surface area contributed by atoms with Crippen LogP contribution in [0.15, 0.2) is 27.4 Å². The lowest BCUT2D eigenvalue weighted by atomic mass is 10.2. The van der Waals surface area contributed by atoms with Gasteiger partial charge in [-0.05, 0) is 31.0 Å². The monoisotopic (exact) mass is 406 g/mol. The van der Waals surface area contributed by atoms with Crippen molar-refractivity contribution in [2.24, 2.45) is 0 Å². The number of likely N-dealkylation sites (tertiary alicyclic amines) is 1. The molecule has 0 N–H and O–H groups in total. The summed E-state index contributed by atoms with van der Waals surface area (Å²) in [6.07, 6.45) is 4.71. The molecule has 0 spiro atoms. The maximum Gasteiger partial charge on any atom is 0.421 e. The van der Waals surface area contributed by atoms with E-state index in [0.29, 0.717) is 23.8 Å². The Balaban J connectivity index is 1.32. The van der Waals surface area contributed by atoms with E-state index in [4.69, 9.17) is 16.0 Å². The van der Waals surface area contributed by atoms with Crippen LogP contribution in [0.1, 0.15) is 25.7 Å². The first-order valence-electron chi connectivity index (χ1n) is 10.1. The van der Waals surface area contributed by atoms with Gasteiger partial charge < -0.3 is 9.32 Å². The molecule has 1 amide bonds. The molecular weight excluding hydrogens is 380 g/mol. The standard InChI is InChI=1S/C20H27ClN4O3/c21-16-5-6-18-17(13-16)25(20(27)28-18)15-23-11-9-22(10-12-23)14-19(26)24-7-3-1-2-4-8-24/h5-6,13H,1-4,7-12,14-15H2. The second-order valence-electron chi connectivity index (χ2n) is 7.74. The SMILES string of the molecule is O=C(CN1CCN(Cn2c(=O)oc3ccc(Cl)cc32)CC1)N1CCCCCC1. The van der Waals surface area contributed by atoms with Crippen molar-refractivity contribution in [2.45, 2.75) is 32.4 Å². The summed E-state index contributed by atoms with van der Waals surface area (Å²) in [4.78, 5) is 31.2. The molecule has 2 aliphatic heterocycles.